The first-order valence-electron chi connectivity index (χ1n) is 3.81. The number of carbonyl (C=O) groups excluding carboxylic acids is 1. The Kier molecular flexibility index (Phi) is 3.27. The number of halogens is 3. The Bertz CT molecular complexity index is 174. The highest BCUT2D eigenvalue weighted by atomic mass is 19.4. The molecule has 0 saturated heterocycles. The van der Waals surface area contributed by atoms with Gasteiger partial charge in [0.15, 0.2) is 0 Å². The van der Waals surface area contributed by atoms with Crippen LogP contribution in [0.15, 0.2) is 0 Å². The molecule has 1 saturated carbocycles. The van der Waals surface area contributed by atoms with Gasteiger partial charge in [-0.1, -0.05) is 0 Å². The van der Waals surface area contributed by atoms with Gasteiger partial charge in [0.25, 0.3) is 0 Å². The second-order valence-electron chi connectivity index (χ2n) is 2.78. The van der Waals surface area contributed by atoms with Crippen LogP contribution in [0.3, 0.4) is 0 Å². The summed E-state index contributed by atoms with van der Waals surface area (Å²) in [6.45, 7) is -0.0661. The maximum absolute atomic E-state index is 11.6. The van der Waals surface area contributed by atoms with E-state index in [1.54, 1.807) is 0 Å². The molecule has 0 aromatic carbocycles. The summed E-state index contributed by atoms with van der Waals surface area (Å²) in [5, 5.41) is 0. The Morgan fingerprint density at radius 2 is 1.92 bits per heavy atom. The first kappa shape index (κ1) is 10.5. The molecule has 0 N–H and O–H groups in total. The van der Waals surface area contributed by atoms with Crippen LogP contribution in [0.25, 0.3) is 0 Å². The van der Waals surface area contributed by atoms with E-state index in [4.69, 9.17) is 4.74 Å². The third-order valence-corrected chi connectivity index (χ3v) is 1.75. The first-order chi connectivity index (χ1) is 6.01. The lowest BCUT2D eigenvalue weighted by Gasteiger charge is -2.34. The minimum atomic E-state index is -4.57. The van der Waals surface area contributed by atoms with Gasteiger partial charge in [0.05, 0.1) is 12.2 Å². The molecule has 1 fully saturated rings. The molecule has 1 rings (SSSR count). The molecule has 0 unspecified atom stereocenters. The monoisotopic (exact) mass is 198 g/mol. The van der Waals surface area contributed by atoms with Crippen molar-refractivity contribution in [3.05, 3.63) is 0 Å². The Morgan fingerprint density at radius 1 is 1.31 bits per heavy atom. The van der Waals surface area contributed by atoms with Crippen molar-refractivity contribution < 1.29 is 27.4 Å². The van der Waals surface area contributed by atoms with Crippen LogP contribution in [0, 0.1) is 0 Å². The number of ether oxygens (including phenoxy) is 2. The number of aldehydes is 1. The minimum absolute atomic E-state index is 0.0661. The van der Waals surface area contributed by atoms with E-state index in [-0.39, 0.29) is 25.6 Å². The van der Waals surface area contributed by atoms with Crippen molar-refractivity contribution in [3.8, 4) is 0 Å². The average Bonchev–Trinajstić information content (AvgIpc) is 1.91. The van der Waals surface area contributed by atoms with Crippen LogP contribution in [0.5, 0.6) is 0 Å². The second kappa shape index (κ2) is 4.06. The van der Waals surface area contributed by atoms with E-state index in [1.807, 2.05) is 0 Å². The van der Waals surface area contributed by atoms with E-state index in [0.717, 1.165) is 0 Å². The van der Waals surface area contributed by atoms with Crippen molar-refractivity contribution in [2.24, 2.45) is 0 Å². The number of hydrogen-bond acceptors (Lipinski definition) is 3. The SMILES string of the molecule is O=CCOC1CC(OC(F)(F)F)C1. The molecule has 0 amide bonds. The van der Waals surface area contributed by atoms with E-state index in [9.17, 15) is 18.0 Å². The maximum Gasteiger partial charge on any atom is 0.522 e. The third kappa shape index (κ3) is 3.73. The summed E-state index contributed by atoms with van der Waals surface area (Å²) in [6, 6.07) is 0. The summed E-state index contributed by atoms with van der Waals surface area (Å²) in [6.07, 6.45) is -4.67. The molecule has 1 aliphatic rings. The number of carbonyl (C=O) groups is 1. The van der Waals surface area contributed by atoms with Crippen LogP contribution in [-0.4, -0.2) is 31.5 Å². The van der Waals surface area contributed by atoms with E-state index < -0.39 is 12.5 Å². The van der Waals surface area contributed by atoms with Crippen molar-refractivity contribution in [1.82, 2.24) is 0 Å². The second-order valence-corrected chi connectivity index (χ2v) is 2.78. The van der Waals surface area contributed by atoms with Gasteiger partial charge in [-0.2, -0.15) is 0 Å². The van der Waals surface area contributed by atoms with Gasteiger partial charge in [-0.3, -0.25) is 4.74 Å². The molecule has 0 bridgehead atoms. The van der Waals surface area contributed by atoms with Gasteiger partial charge in [0.1, 0.15) is 12.9 Å². The molecule has 3 nitrogen and oxygen atoms in total. The van der Waals surface area contributed by atoms with Gasteiger partial charge in [-0.25, -0.2) is 0 Å². The van der Waals surface area contributed by atoms with Crippen LogP contribution in [0.4, 0.5) is 13.2 Å². The molecule has 76 valence electrons. The summed E-state index contributed by atoms with van der Waals surface area (Å²) in [5.74, 6) is 0. The Hall–Kier alpha value is -0.620. The quantitative estimate of drug-likeness (QED) is 0.638. The lowest BCUT2D eigenvalue weighted by atomic mass is 9.92. The topological polar surface area (TPSA) is 35.5 Å². The predicted octanol–water partition coefficient (Wildman–Crippen LogP) is 1.27. The highest BCUT2D eigenvalue weighted by Gasteiger charge is 2.40. The largest absolute Gasteiger partial charge is 0.522 e. The van der Waals surface area contributed by atoms with Gasteiger partial charge < -0.3 is 9.53 Å². The predicted molar refractivity (Wildman–Crippen MR) is 36.0 cm³/mol. The molecule has 0 atom stereocenters. The summed E-state index contributed by atoms with van der Waals surface area (Å²) < 4.78 is 43.3. The van der Waals surface area contributed by atoms with Crippen LogP contribution in [0.2, 0.25) is 0 Å². The molecule has 0 aromatic heterocycles. The average molecular weight is 198 g/mol. The summed E-state index contributed by atoms with van der Waals surface area (Å²) in [7, 11) is 0. The molecular weight excluding hydrogens is 189 g/mol. The van der Waals surface area contributed by atoms with E-state index >= 15 is 0 Å². The zero-order valence-corrected chi connectivity index (χ0v) is 6.71. The van der Waals surface area contributed by atoms with Gasteiger partial charge in [0.2, 0.25) is 0 Å². The minimum Gasteiger partial charge on any atom is -0.371 e. The van der Waals surface area contributed by atoms with Crippen LogP contribution >= 0.6 is 0 Å². The van der Waals surface area contributed by atoms with E-state index in [1.165, 1.54) is 0 Å². The van der Waals surface area contributed by atoms with Crippen LogP contribution < -0.4 is 0 Å². The fourth-order valence-electron chi connectivity index (χ4n) is 1.11. The number of hydrogen-bond donors (Lipinski definition) is 0. The molecule has 0 aromatic rings. The third-order valence-electron chi connectivity index (χ3n) is 1.75. The molecule has 13 heavy (non-hydrogen) atoms. The fraction of sp³-hybridized carbons (Fsp3) is 0.857. The van der Waals surface area contributed by atoms with Gasteiger partial charge in [0, 0.05) is 12.8 Å². The number of rotatable bonds is 4. The Morgan fingerprint density at radius 3 is 2.38 bits per heavy atom. The maximum atomic E-state index is 11.6. The smallest absolute Gasteiger partial charge is 0.371 e. The summed E-state index contributed by atoms with van der Waals surface area (Å²) >= 11 is 0. The van der Waals surface area contributed by atoms with E-state index in [0.29, 0.717) is 6.29 Å². The van der Waals surface area contributed by atoms with Crippen molar-refractivity contribution in [3.63, 3.8) is 0 Å². The van der Waals surface area contributed by atoms with Gasteiger partial charge >= 0.3 is 6.36 Å². The molecular formula is C7H9F3O3. The first-order valence-corrected chi connectivity index (χ1v) is 3.81. The van der Waals surface area contributed by atoms with Gasteiger partial charge in [-0.15, -0.1) is 13.2 Å². The standard InChI is InChI=1S/C7H9F3O3/c8-7(9,10)13-6-3-5(4-6)12-2-1-11/h1,5-6H,2-4H2. The lowest BCUT2D eigenvalue weighted by molar-refractivity contribution is -0.356. The van der Waals surface area contributed by atoms with Crippen molar-refractivity contribution in [2.75, 3.05) is 6.61 Å². The molecule has 0 heterocycles. The van der Waals surface area contributed by atoms with Crippen LogP contribution in [0.1, 0.15) is 12.8 Å². The van der Waals surface area contributed by atoms with Crippen molar-refractivity contribution >= 4 is 6.29 Å². The number of alkyl halides is 3. The Labute approximate surface area is 72.8 Å². The van der Waals surface area contributed by atoms with Crippen molar-refractivity contribution in [2.45, 2.75) is 31.4 Å². The highest BCUT2D eigenvalue weighted by molar-refractivity contribution is 5.50. The van der Waals surface area contributed by atoms with Gasteiger partial charge in [-0.05, 0) is 0 Å². The van der Waals surface area contributed by atoms with Crippen molar-refractivity contribution in [1.29, 1.82) is 0 Å². The van der Waals surface area contributed by atoms with E-state index in [2.05, 4.69) is 4.74 Å². The summed E-state index contributed by atoms with van der Waals surface area (Å²) in [5.41, 5.74) is 0. The highest BCUT2D eigenvalue weighted by Crippen LogP contribution is 2.31. The zero-order valence-electron chi connectivity index (χ0n) is 6.71. The molecule has 0 radical (unpaired) electrons. The Balaban J connectivity index is 2.08. The lowest BCUT2D eigenvalue weighted by Crippen LogP contribution is -2.40. The normalized spacial score (nSPS) is 28.2. The summed E-state index contributed by atoms with van der Waals surface area (Å²) in [4.78, 5) is 9.82. The molecule has 0 spiro atoms. The van der Waals surface area contributed by atoms with Crippen LogP contribution in [-0.2, 0) is 14.3 Å². The fourth-order valence-corrected chi connectivity index (χ4v) is 1.11. The molecule has 0 aliphatic heterocycles. The molecule has 6 heteroatoms. The zero-order chi connectivity index (χ0) is 9.90. The molecule has 1 aliphatic carbocycles.